The van der Waals surface area contributed by atoms with Crippen LogP contribution in [-0.4, -0.2) is 37.5 Å². The van der Waals surface area contributed by atoms with E-state index >= 15 is 0 Å². The van der Waals surface area contributed by atoms with Gasteiger partial charge in [-0.2, -0.15) is 0 Å². The number of fused-ring (bicyclic) bond motifs is 1. The van der Waals surface area contributed by atoms with Gasteiger partial charge in [-0.25, -0.2) is 9.18 Å². The largest absolute Gasteiger partial charge is 0.373 e. The lowest BCUT2D eigenvalue weighted by molar-refractivity contribution is 0.0615. The Balaban J connectivity index is 1.28. The third kappa shape index (κ3) is 4.28. The zero-order valence-corrected chi connectivity index (χ0v) is 14.9. The molecule has 27 heavy (non-hydrogen) atoms. The molecule has 0 unspecified atom stereocenters. The average molecular weight is 370 g/mol. The Hall–Kier alpha value is -2.44. The Morgan fingerprint density at radius 1 is 1.00 bits per heavy atom. The van der Waals surface area contributed by atoms with Gasteiger partial charge in [-0.15, -0.1) is 0 Å². The summed E-state index contributed by atoms with van der Waals surface area (Å²) in [4.78, 5) is 12.2. The van der Waals surface area contributed by atoms with Crippen LogP contribution in [0.5, 0.6) is 0 Å². The third-order valence-electron chi connectivity index (χ3n) is 5.22. The summed E-state index contributed by atoms with van der Waals surface area (Å²) in [7, 11) is 0. The molecule has 5 nitrogen and oxygen atoms in total. The zero-order chi connectivity index (χ0) is 18.6. The lowest BCUT2D eigenvalue weighted by atomic mass is 9.93. The van der Waals surface area contributed by atoms with E-state index in [2.05, 4.69) is 34.9 Å². The summed E-state index contributed by atoms with van der Waals surface area (Å²) >= 11 is 0. The molecule has 2 aliphatic rings. The van der Waals surface area contributed by atoms with Gasteiger partial charge in [0.25, 0.3) is 0 Å². The maximum atomic E-state index is 12.9. The van der Waals surface area contributed by atoms with Crippen molar-refractivity contribution in [1.29, 1.82) is 0 Å². The smallest absolute Gasteiger partial charge is 0.319 e. The number of nitrogens with one attached hydrogen (secondary N) is 2. The van der Waals surface area contributed by atoms with Crippen molar-refractivity contribution in [2.24, 2.45) is 5.92 Å². The quantitative estimate of drug-likeness (QED) is 0.848. The number of hydrogen-bond donors (Lipinski definition) is 2. The molecule has 0 saturated carbocycles. The second-order valence-electron chi connectivity index (χ2n) is 7.09. The summed E-state index contributed by atoms with van der Waals surface area (Å²) in [6.07, 6.45) is 1.89. The number of rotatable bonds is 5. The number of aryl methyl sites for hydroxylation is 1. The molecular formula is C21H23FN2O3. The monoisotopic (exact) mass is 370 g/mol. The van der Waals surface area contributed by atoms with Crippen molar-refractivity contribution >= 4 is 11.7 Å². The molecule has 2 N–H and O–H groups in total. The average Bonchev–Trinajstić information content (AvgIpc) is 3.26. The fourth-order valence-corrected chi connectivity index (χ4v) is 3.82. The van der Waals surface area contributed by atoms with Gasteiger partial charge in [0.15, 0.2) is 0 Å². The first-order valence-electron chi connectivity index (χ1n) is 9.29. The molecule has 2 aromatic rings. The van der Waals surface area contributed by atoms with Gasteiger partial charge in [-0.3, -0.25) is 0 Å². The molecule has 142 valence electrons. The third-order valence-corrected chi connectivity index (χ3v) is 5.22. The van der Waals surface area contributed by atoms with Crippen LogP contribution in [0.2, 0.25) is 0 Å². The van der Waals surface area contributed by atoms with E-state index in [1.54, 1.807) is 0 Å². The standard InChI is InChI=1S/C21H23FN2O3/c22-16-8-10-17(11-9-16)23-21(25)24-18-13-27-19-15(12-26-20(18)19)7-6-14-4-2-1-3-5-14/h1-5,8-11,15,18-20H,6-7,12-13H2,(H2,23,24,25)/t15-,18+,19+,20-/m1/s1. The summed E-state index contributed by atoms with van der Waals surface area (Å²) in [6.45, 7) is 1.09. The second-order valence-corrected chi connectivity index (χ2v) is 7.09. The summed E-state index contributed by atoms with van der Waals surface area (Å²) in [5.74, 6) is -0.00365. The van der Waals surface area contributed by atoms with Gasteiger partial charge >= 0.3 is 6.03 Å². The summed E-state index contributed by atoms with van der Waals surface area (Å²) in [5, 5.41) is 5.62. The zero-order valence-electron chi connectivity index (χ0n) is 14.9. The van der Waals surface area contributed by atoms with E-state index in [4.69, 9.17) is 9.47 Å². The minimum atomic E-state index is -0.341. The van der Waals surface area contributed by atoms with Crippen LogP contribution >= 0.6 is 0 Å². The molecule has 4 rings (SSSR count). The van der Waals surface area contributed by atoms with Gasteiger partial charge in [0.2, 0.25) is 0 Å². The second kappa shape index (κ2) is 8.06. The van der Waals surface area contributed by atoms with Crippen molar-refractivity contribution in [2.45, 2.75) is 31.1 Å². The van der Waals surface area contributed by atoms with Gasteiger partial charge in [-0.05, 0) is 42.7 Å². The molecule has 2 heterocycles. The molecule has 0 spiro atoms. The number of anilines is 1. The van der Waals surface area contributed by atoms with E-state index in [-0.39, 0.29) is 30.1 Å². The molecule has 4 atom stereocenters. The maximum Gasteiger partial charge on any atom is 0.319 e. The van der Waals surface area contributed by atoms with Crippen LogP contribution in [0.3, 0.4) is 0 Å². The number of ether oxygens (including phenoxy) is 2. The summed E-state index contributed by atoms with van der Waals surface area (Å²) in [6, 6.07) is 15.5. The van der Waals surface area contributed by atoms with Crippen molar-refractivity contribution < 1.29 is 18.7 Å². The van der Waals surface area contributed by atoms with Crippen LogP contribution in [0, 0.1) is 11.7 Å². The van der Waals surface area contributed by atoms with Crippen molar-refractivity contribution in [3.63, 3.8) is 0 Å². The van der Waals surface area contributed by atoms with E-state index in [0.717, 1.165) is 12.8 Å². The number of urea groups is 1. The van der Waals surface area contributed by atoms with E-state index in [9.17, 15) is 9.18 Å². The first-order chi connectivity index (χ1) is 13.2. The number of halogens is 1. The van der Waals surface area contributed by atoms with Gasteiger partial charge in [0.1, 0.15) is 11.9 Å². The molecule has 6 heteroatoms. The molecule has 0 aliphatic carbocycles. The molecule has 2 fully saturated rings. The summed E-state index contributed by atoms with van der Waals surface area (Å²) in [5.41, 5.74) is 1.85. The highest BCUT2D eigenvalue weighted by molar-refractivity contribution is 5.89. The van der Waals surface area contributed by atoms with E-state index in [0.29, 0.717) is 24.8 Å². The fourth-order valence-electron chi connectivity index (χ4n) is 3.82. The molecule has 0 bridgehead atoms. The van der Waals surface area contributed by atoms with Gasteiger partial charge in [-0.1, -0.05) is 30.3 Å². The lowest BCUT2D eigenvalue weighted by Crippen LogP contribution is -2.45. The predicted molar refractivity (Wildman–Crippen MR) is 100 cm³/mol. The normalized spacial score (nSPS) is 26.6. The van der Waals surface area contributed by atoms with Crippen molar-refractivity contribution in [1.82, 2.24) is 5.32 Å². The highest BCUT2D eigenvalue weighted by atomic mass is 19.1. The number of benzene rings is 2. The van der Waals surface area contributed by atoms with E-state index < -0.39 is 0 Å². The van der Waals surface area contributed by atoms with Crippen LogP contribution < -0.4 is 10.6 Å². The first kappa shape index (κ1) is 17.9. The van der Waals surface area contributed by atoms with Gasteiger partial charge < -0.3 is 20.1 Å². The van der Waals surface area contributed by atoms with Gasteiger partial charge in [0, 0.05) is 11.6 Å². The molecule has 0 radical (unpaired) electrons. The fraction of sp³-hybridized carbons (Fsp3) is 0.381. The van der Waals surface area contributed by atoms with Gasteiger partial charge in [0.05, 0.1) is 25.4 Å². The lowest BCUT2D eigenvalue weighted by Gasteiger charge is -2.18. The minimum Gasteiger partial charge on any atom is -0.373 e. The van der Waals surface area contributed by atoms with Crippen LogP contribution in [0.15, 0.2) is 54.6 Å². The SMILES string of the molecule is O=C(Nc1ccc(F)cc1)N[C@H]1CO[C@H]2[C@H](CCc3ccccc3)CO[C@@H]21. The number of carbonyl (C=O) groups is 1. The van der Waals surface area contributed by atoms with Crippen molar-refractivity contribution in [3.8, 4) is 0 Å². The van der Waals surface area contributed by atoms with Crippen molar-refractivity contribution in [2.75, 3.05) is 18.5 Å². The maximum absolute atomic E-state index is 12.9. The van der Waals surface area contributed by atoms with E-state index in [1.807, 2.05) is 6.07 Å². The molecular weight excluding hydrogens is 347 g/mol. The highest BCUT2D eigenvalue weighted by Crippen LogP contribution is 2.33. The number of carbonyl (C=O) groups excluding carboxylic acids is 1. The summed E-state index contributed by atoms with van der Waals surface area (Å²) < 4.78 is 24.8. The Bertz CT molecular complexity index is 769. The topological polar surface area (TPSA) is 59.6 Å². The molecule has 2 amide bonds. The molecule has 2 aromatic carbocycles. The molecule has 2 saturated heterocycles. The Kier molecular flexibility index (Phi) is 5.36. The minimum absolute atomic E-state index is 0.0184. The van der Waals surface area contributed by atoms with Crippen LogP contribution in [-0.2, 0) is 15.9 Å². The predicted octanol–water partition coefficient (Wildman–Crippen LogP) is 3.36. The first-order valence-corrected chi connectivity index (χ1v) is 9.29. The van der Waals surface area contributed by atoms with E-state index in [1.165, 1.54) is 29.8 Å². The number of amides is 2. The Morgan fingerprint density at radius 3 is 2.52 bits per heavy atom. The van der Waals surface area contributed by atoms with Crippen molar-refractivity contribution in [3.05, 3.63) is 66.0 Å². The molecule has 2 aliphatic heterocycles. The Labute approximate surface area is 157 Å². The number of hydrogen-bond acceptors (Lipinski definition) is 3. The van der Waals surface area contributed by atoms with Crippen LogP contribution in [0.25, 0.3) is 0 Å². The molecule has 0 aromatic heterocycles. The Morgan fingerprint density at radius 2 is 1.74 bits per heavy atom. The van der Waals surface area contributed by atoms with Crippen LogP contribution in [0.4, 0.5) is 14.9 Å². The van der Waals surface area contributed by atoms with Crippen LogP contribution in [0.1, 0.15) is 12.0 Å². The highest BCUT2D eigenvalue weighted by Gasteiger charge is 2.47.